The highest BCUT2D eigenvalue weighted by atomic mass is 35.5. The number of pyridine rings is 3. The molecule has 0 unspecified atom stereocenters. The van der Waals surface area contributed by atoms with Crippen LogP contribution in [0.1, 0.15) is 123 Å². The van der Waals surface area contributed by atoms with Crippen molar-refractivity contribution in [2.45, 2.75) is 173 Å². The van der Waals surface area contributed by atoms with Gasteiger partial charge in [-0.25, -0.2) is 4.39 Å². The van der Waals surface area contributed by atoms with Gasteiger partial charge in [-0.15, -0.1) is 0 Å². The van der Waals surface area contributed by atoms with Crippen LogP contribution in [-0.4, -0.2) is 266 Å². The molecule has 6 fully saturated rings. The van der Waals surface area contributed by atoms with Gasteiger partial charge in [-0.3, -0.25) is 34.2 Å². The summed E-state index contributed by atoms with van der Waals surface area (Å²) in [5.41, 5.74) is 3.81. The molecule has 6 aromatic heterocycles. The summed E-state index contributed by atoms with van der Waals surface area (Å²) < 4.78 is 117. The molecule has 0 bridgehead atoms. The highest BCUT2D eigenvalue weighted by Gasteiger charge is 2.44. The smallest absolute Gasteiger partial charge is 0.421 e. The van der Waals surface area contributed by atoms with Gasteiger partial charge in [-0.1, -0.05) is 49.9 Å². The Bertz CT molecular complexity index is 5110. The molecule has 9 aliphatic rings. The summed E-state index contributed by atoms with van der Waals surface area (Å²) in [4.78, 5) is 101. The number of alkyl halides is 6. The molecule has 0 N–H and O–H groups in total. The lowest BCUT2D eigenvalue weighted by Gasteiger charge is -2.42. The van der Waals surface area contributed by atoms with Crippen molar-refractivity contribution in [3.63, 3.8) is 0 Å². The molecular formula is C87H105Cl2F7N24O6. The summed E-state index contributed by atoms with van der Waals surface area (Å²) in [5, 5.41) is 28.5. The third-order valence-electron chi connectivity index (χ3n) is 25.1. The van der Waals surface area contributed by atoms with Crippen LogP contribution in [0, 0.1) is 52.7 Å². The van der Waals surface area contributed by atoms with Crippen LogP contribution in [0.2, 0.25) is 10.0 Å². The molecule has 0 aliphatic carbocycles. The lowest BCUT2D eigenvalue weighted by molar-refractivity contribution is -0.139. The number of hydrogen-bond acceptors (Lipinski definition) is 27. The predicted octanol–water partition coefficient (Wildman–Crippen LogP) is 10.9. The van der Waals surface area contributed by atoms with E-state index < -0.39 is 40.4 Å². The number of nitrogens with zero attached hydrogens (tertiary/aromatic N) is 24. The van der Waals surface area contributed by atoms with Crippen molar-refractivity contribution in [2.24, 2.45) is 5.92 Å². The molecule has 39 heteroatoms. The minimum atomic E-state index is -4.91. The third kappa shape index (κ3) is 21.1. The number of anilines is 6. The van der Waals surface area contributed by atoms with Crippen molar-refractivity contribution in [2.75, 3.05) is 161 Å². The van der Waals surface area contributed by atoms with Gasteiger partial charge in [0.15, 0.2) is 5.82 Å². The van der Waals surface area contributed by atoms with Crippen molar-refractivity contribution in [3.8, 4) is 36.2 Å². The molecule has 6 aromatic rings. The molecule has 0 aromatic carbocycles. The quantitative estimate of drug-likeness (QED) is 0.0450. The molecule has 3 amide bonds. The van der Waals surface area contributed by atoms with Gasteiger partial charge in [0.25, 0.3) is 0 Å². The zero-order valence-electron chi connectivity index (χ0n) is 71.6. The van der Waals surface area contributed by atoms with Crippen LogP contribution in [0.25, 0.3) is 0 Å². The summed E-state index contributed by atoms with van der Waals surface area (Å²) in [6, 6.07) is 7.19. The Hall–Kier alpha value is -11.0. The van der Waals surface area contributed by atoms with E-state index in [9.17, 15) is 60.9 Å². The predicted molar refractivity (Wildman–Crippen MR) is 459 cm³/mol. The van der Waals surface area contributed by atoms with Gasteiger partial charge in [-0.05, 0) is 129 Å². The summed E-state index contributed by atoms with van der Waals surface area (Å²) >= 11 is 12.3. The van der Waals surface area contributed by atoms with E-state index in [2.05, 4.69) is 115 Å². The van der Waals surface area contributed by atoms with Crippen LogP contribution in [0.3, 0.4) is 0 Å². The molecule has 6 saturated heterocycles. The number of fused-ring (bicyclic) bond motifs is 3. The van der Waals surface area contributed by atoms with E-state index >= 15 is 0 Å². The number of amides is 3. The van der Waals surface area contributed by atoms with E-state index in [1.54, 1.807) is 25.8 Å². The number of nitriles is 3. The van der Waals surface area contributed by atoms with E-state index in [-0.39, 0.29) is 117 Å². The van der Waals surface area contributed by atoms with Crippen molar-refractivity contribution in [3.05, 3.63) is 141 Å². The van der Waals surface area contributed by atoms with E-state index in [0.717, 1.165) is 117 Å². The fourth-order valence-corrected chi connectivity index (χ4v) is 18.9. The number of ether oxygens (including phenoxy) is 3. The average Bonchev–Trinajstić information content (AvgIpc) is 1.77. The lowest BCUT2D eigenvalue weighted by Crippen LogP contribution is -2.55. The molecule has 30 nitrogen and oxygen atoms in total. The van der Waals surface area contributed by atoms with E-state index in [4.69, 9.17) is 57.3 Å². The maximum absolute atomic E-state index is 14.4. The monoisotopic (exact) mass is 1780 g/mol. The lowest BCUT2D eigenvalue weighted by atomic mass is 10.0. The maximum Gasteiger partial charge on any atom is 0.421 e. The van der Waals surface area contributed by atoms with Gasteiger partial charge in [0.1, 0.15) is 48.4 Å². The van der Waals surface area contributed by atoms with Crippen molar-refractivity contribution >= 4 is 75.4 Å². The number of carbonyl (C=O) groups excluding carboxylic acids is 3. The second-order valence-electron chi connectivity index (χ2n) is 33.4. The molecule has 7 atom stereocenters. The van der Waals surface area contributed by atoms with Gasteiger partial charge in [-0.2, -0.15) is 72.0 Å². The molecule has 9 aliphatic heterocycles. The fourth-order valence-electron chi connectivity index (χ4n) is 18.5. The molecule has 0 radical (unpaired) electrons. The normalized spacial score (nSPS) is 21.7. The molecule has 15 heterocycles. The summed E-state index contributed by atoms with van der Waals surface area (Å²) in [6.45, 7) is 29.2. The maximum atomic E-state index is 14.4. The number of halogens is 9. The second kappa shape index (κ2) is 40.7. The Morgan fingerprint density at radius 2 is 0.857 bits per heavy atom. The highest BCUT2D eigenvalue weighted by molar-refractivity contribution is 6.32. The highest BCUT2D eigenvalue weighted by Crippen LogP contribution is 2.45. The average molecular weight is 1790 g/mol. The fraction of sp³-hybridized carbons (Fsp3) is 0.552. The standard InChI is InChI=1S/C31H38F4N8O2.C28H32ClF3N8O2.C28H35ClN8O2/c1-5-27(44)42-11-10-41(16-21(42)6-8-36)29-23-7-9-40(26-14-37-13-24(32)28(26)31(33,34)35)17-25(23)38-30(39-29)45-18-22-12-20(4)15-43(22)19(2)3;1-3-24(41)40-12-11-39(15-18(40)6-8-33)26-20-7-10-38(23-14-34-13-21(29)25(23)28(30,31)32)16-22(20)35-27(36-26)42-17-19-5-4-9-37(19)2;1-4-26(38)37-13-12-36(16-20(37)7-9-30)27-22-8-11-35(25-15-31-14-23(29)19(25)2)17-24(22)32-28(33-27)39-18-21-6-5-10-34(21)3/h5,13-14,19-22H,1,6-7,9-12,15-18H2,2-4H3;3,13-14,18-19H,1,4-7,9-12,15-17H2,2H3;4,14-15,20-21H,1,5-8,10-13,16-18H2,2-3H3/t20-,21+,22+;18-,19-;20-,21-/m100/s1. The Labute approximate surface area is 738 Å². The first-order chi connectivity index (χ1) is 60.4. The number of rotatable bonds is 22. The zero-order chi connectivity index (χ0) is 90.0. The molecular weight excluding hydrogens is 1680 g/mol. The Balaban J connectivity index is 0.000000162. The largest absolute Gasteiger partial charge is 0.462 e. The van der Waals surface area contributed by atoms with Gasteiger partial charge in [0.05, 0.1) is 144 Å². The van der Waals surface area contributed by atoms with Crippen LogP contribution >= 0.6 is 23.2 Å². The molecule has 0 spiro atoms. The number of carbonyl (C=O) groups is 3. The third-order valence-corrected chi connectivity index (χ3v) is 25.8. The van der Waals surface area contributed by atoms with Gasteiger partial charge < -0.3 is 68.1 Å². The molecule has 0 saturated carbocycles. The van der Waals surface area contributed by atoms with Crippen LogP contribution in [-0.2, 0) is 65.6 Å². The molecule has 672 valence electrons. The SMILES string of the molecule is C=CC(=O)N1CCN(c2nc(OC[C@@H]3CCCN3C)nc3c2CCN(c2cncc(Cl)c2C(F)(F)F)C3)C[C@@H]1CC#N.C=CC(=O)N1CCN(c2nc(OC[C@@H]3CCCN3C)nc3c2CCN(c2cncc(Cl)c2C)C3)C[C@@H]1CC#N.C=CC(=O)N1CCN(c2nc(OC[C@@H]3C[C@@H](C)CN3C(C)C)nc3c2CCN(c2cncc(F)c2C(F)(F)F)C3)C[C@@H]1CC#N. The van der Waals surface area contributed by atoms with Gasteiger partial charge >= 0.3 is 30.4 Å². The number of hydrogen-bond donors (Lipinski definition) is 0. The molecule has 15 rings (SSSR count). The van der Waals surface area contributed by atoms with Gasteiger partial charge in [0.2, 0.25) is 17.7 Å². The van der Waals surface area contributed by atoms with Crippen LogP contribution in [0.15, 0.2) is 75.1 Å². The van der Waals surface area contributed by atoms with Gasteiger partial charge in [0, 0.05) is 138 Å². The van der Waals surface area contributed by atoms with E-state index in [1.165, 1.54) is 29.3 Å². The first-order valence-electron chi connectivity index (χ1n) is 42.6. The number of likely N-dealkylation sites (N-methyl/N-ethyl adjacent to an activating group) is 2. The summed E-state index contributed by atoms with van der Waals surface area (Å²) in [5.74, 6) is 0.438. The molecule has 126 heavy (non-hydrogen) atoms. The van der Waals surface area contributed by atoms with Crippen LogP contribution in [0.5, 0.6) is 18.0 Å². The Kier molecular flexibility index (Phi) is 29.9. The summed E-state index contributed by atoms with van der Waals surface area (Å²) in [6.07, 6.45) is 8.66. The minimum Gasteiger partial charge on any atom is -0.462 e. The van der Waals surface area contributed by atoms with Crippen molar-refractivity contribution < 1.29 is 59.3 Å². The first kappa shape index (κ1) is 92.6. The van der Waals surface area contributed by atoms with E-state index in [0.29, 0.717) is 150 Å². The first-order valence-corrected chi connectivity index (χ1v) is 43.3. The Morgan fingerprint density at radius 3 is 1.22 bits per heavy atom. The second-order valence-corrected chi connectivity index (χ2v) is 34.3. The topological polar surface area (TPSA) is 305 Å². The summed E-state index contributed by atoms with van der Waals surface area (Å²) in [7, 11) is 4.16. The van der Waals surface area contributed by atoms with Crippen molar-refractivity contribution in [1.29, 1.82) is 15.8 Å². The number of aromatic nitrogens is 9. The zero-order valence-corrected chi connectivity index (χ0v) is 73.2. The number of likely N-dealkylation sites (tertiary alicyclic amines) is 3. The van der Waals surface area contributed by atoms with Crippen LogP contribution < -0.4 is 43.6 Å². The Morgan fingerprint density at radius 1 is 0.492 bits per heavy atom. The van der Waals surface area contributed by atoms with Crippen molar-refractivity contribution in [1.82, 2.24) is 74.3 Å². The minimum absolute atomic E-state index is 0.0372. The van der Waals surface area contributed by atoms with E-state index in [1.807, 2.05) is 30.0 Å². The van der Waals surface area contributed by atoms with Crippen LogP contribution in [0.4, 0.5) is 65.2 Å². The number of piperazine rings is 3.